The predicted molar refractivity (Wildman–Crippen MR) is 75.7 cm³/mol. The maximum absolute atomic E-state index is 12.5. The number of amidine groups is 1. The summed E-state index contributed by atoms with van der Waals surface area (Å²) >= 11 is 0. The number of hydrogen-bond acceptors (Lipinski definition) is 4. The average molecular weight is 276 g/mol. The highest BCUT2D eigenvalue weighted by atomic mass is 16.4. The van der Waals surface area contributed by atoms with Crippen molar-refractivity contribution in [3.05, 3.63) is 29.6 Å². The van der Waals surface area contributed by atoms with E-state index in [-0.39, 0.29) is 17.8 Å². The molecular weight excluding hydrogens is 256 g/mol. The average Bonchev–Trinajstić information content (AvgIpc) is 2.70. The van der Waals surface area contributed by atoms with Crippen molar-refractivity contribution in [2.75, 3.05) is 6.54 Å². The van der Waals surface area contributed by atoms with Gasteiger partial charge in [-0.15, -0.1) is 0 Å². The lowest BCUT2D eigenvalue weighted by atomic mass is 10.1. The van der Waals surface area contributed by atoms with Gasteiger partial charge in [-0.1, -0.05) is 18.0 Å². The van der Waals surface area contributed by atoms with Crippen molar-refractivity contribution in [1.29, 1.82) is 0 Å². The van der Waals surface area contributed by atoms with E-state index in [4.69, 9.17) is 10.9 Å². The topological polar surface area (TPSA) is 91.8 Å². The Morgan fingerprint density at radius 3 is 2.90 bits per heavy atom. The summed E-state index contributed by atoms with van der Waals surface area (Å²) in [5, 5.41) is 11.5. The zero-order valence-electron chi connectivity index (χ0n) is 11.6. The molecule has 1 aromatic heterocycles. The summed E-state index contributed by atoms with van der Waals surface area (Å²) < 4.78 is 0. The molecule has 0 aromatic carbocycles. The zero-order valence-corrected chi connectivity index (χ0v) is 11.6. The van der Waals surface area contributed by atoms with Gasteiger partial charge in [0.25, 0.3) is 5.91 Å². The summed E-state index contributed by atoms with van der Waals surface area (Å²) in [6.07, 6.45) is 5.86. The maximum Gasteiger partial charge on any atom is 0.272 e. The van der Waals surface area contributed by atoms with E-state index in [1.807, 2.05) is 4.90 Å². The Bertz CT molecular complexity index is 498. The minimum atomic E-state index is -0.0505. The normalized spacial score (nSPS) is 20.6. The van der Waals surface area contributed by atoms with Crippen LogP contribution in [0.4, 0.5) is 0 Å². The Morgan fingerprint density at radius 1 is 1.45 bits per heavy atom. The van der Waals surface area contributed by atoms with Gasteiger partial charge >= 0.3 is 0 Å². The molecule has 1 atom stereocenters. The van der Waals surface area contributed by atoms with Crippen LogP contribution in [-0.4, -0.2) is 39.4 Å². The highest BCUT2D eigenvalue weighted by molar-refractivity contribution is 5.98. The van der Waals surface area contributed by atoms with E-state index in [0.717, 1.165) is 19.4 Å². The second kappa shape index (κ2) is 6.36. The molecule has 3 N–H and O–H groups in total. The minimum absolute atomic E-state index is 0.0142. The first-order chi connectivity index (χ1) is 9.63. The molecule has 108 valence electrons. The first kappa shape index (κ1) is 14.3. The second-order valence-electron chi connectivity index (χ2n) is 5.11. The fourth-order valence-electron chi connectivity index (χ4n) is 2.45. The van der Waals surface area contributed by atoms with Crippen LogP contribution < -0.4 is 5.73 Å². The molecule has 20 heavy (non-hydrogen) atoms. The molecule has 0 aliphatic carbocycles. The molecule has 1 aromatic rings. The highest BCUT2D eigenvalue weighted by Gasteiger charge is 2.23. The predicted octanol–water partition coefficient (Wildman–Crippen LogP) is 1.58. The van der Waals surface area contributed by atoms with Crippen LogP contribution in [-0.2, 0) is 0 Å². The smallest absolute Gasteiger partial charge is 0.272 e. The Morgan fingerprint density at radius 2 is 2.25 bits per heavy atom. The zero-order chi connectivity index (χ0) is 14.5. The van der Waals surface area contributed by atoms with Gasteiger partial charge in [0, 0.05) is 24.3 Å². The lowest BCUT2D eigenvalue weighted by molar-refractivity contribution is 0.0692. The molecule has 6 nitrogen and oxygen atoms in total. The molecule has 0 saturated carbocycles. The van der Waals surface area contributed by atoms with Crippen molar-refractivity contribution in [1.82, 2.24) is 9.88 Å². The van der Waals surface area contributed by atoms with Crippen LogP contribution in [0.5, 0.6) is 0 Å². The van der Waals surface area contributed by atoms with Gasteiger partial charge in [-0.3, -0.25) is 9.78 Å². The molecule has 1 unspecified atom stereocenters. The molecular formula is C14H20N4O2. The Balaban J connectivity index is 2.16. The molecule has 1 fully saturated rings. The molecule has 1 aliphatic rings. The number of likely N-dealkylation sites (tertiary alicyclic amines) is 1. The monoisotopic (exact) mass is 276 g/mol. The van der Waals surface area contributed by atoms with E-state index in [9.17, 15) is 4.79 Å². The number of nitrogens with zero attached hydrogens (tertiary/aromatic N) is 3. The van der Waals surface area contributed by atoms with E-state index in [2.05, 4.69) is 17.1 Å². The number of carbonyl (C=O) groups is 1. The Labute approximate surface area is 118 Å². The van der Waals surface area contributed by atoms with E-state index in [0.29, 0.717) is 11.3 Å². The van der Waals surface area contributed by atoms with Crippen molar-refractivity contribution in [3.63, 3.8) is 0 Å². The second-order valence-corrected chi connectivity index (χ2v) is 5.11. The number of nitrogens with two attached hydrogens (primary N) is 1. The molecule has 1 aliphatic heterocycles. The van der Waals surface area contributed by atoms with E-state index in [1.165, 1.54) is 19.0 Å². The number of carbonyl (C=O) groups excluding carboxylic acids is 1. The van der Waals surface area contributed by atoms with Crippen LogP contribution in [0.2, 0.25) is 0 Å². The van der Waals surface area contributed by atoms with E-state index < -0.39 is 0 Å². The van der Waals surface area contributed by atoms with Gasteiger partial charge in [0.05, 0.1) is 0 Å². The molecule has 0 radical (unpaired) electrons. The van der Waals surface area contributed by atoms with Gasteiger partial charge in [0.2, 0.25) is 0 Å². The number of hydrogen-bond donors (Lipinski definition) is 2. The Hall–Kier alpha value is -2.11. The van der Waals surface area contributed by atoms with Crippen LogP contribution in [0, 0.1) is 0 Å². The molecule has 0 spiro atoms. The van der Waals surface area contributed by atoms with Crippen LogP contribution in [0.15, 0.2) is 23.5 Å². The standard InChI is InChI=1S/C14H20N4O2/c1-10-5-3-2-4-8-18(10)14(19)12-7-6-11(9-16-12)13(15)17-20/h6-7,9-10,20H,2-5,8H2,1H3,(H2,15,17). The van der Waals surface area contributed by atoms with Crippen LogP contribution in [0.1, 0.15) is 48.7 Å². The van der Waals surface area contributed by atoms with Gasteiger partial charge in [-0.05, 0) is 31.9 Å². The largest absolute Gasteiger partial charge is 0.409 e. The number of aromatic nitrogens is 1. The highest BCUT2D eigenvalue weighted by Crippen LogP contribution is 2.18. The van der Waals surface area contributed by atoms with Gasteiger partial charge in [0.1, 0.15) is 5.69 Å². The van der Waals surface area contributed by atoms with Crippen molar-refractivity contribution < 1.29 is 10.0 Å². The molecule has 1 saturated heterocycles. The van der Waals surface area contributed by atoms with Crippen molar-refractivity contribution >= 4 is 11.7 Å². The minimum Gasteiger partial charge on any atom is -0.409 e. The number of pyridine rings is 1. The summed E-state index contributed by atoms with van der Waals surface area (Å²) in [4.78, 5) is 18.5. The third-order valence-corrected chi connectivity index (χ3v) is 3.70. The summed E-state index contributed by atoms with van der Waals surface area (Å²) in [7, 11) is 0. The molecule has 6 heteroatoms. The molecule has 2 rings (SSSR count). The fraction of sp³-hybridized carbons (Fsp3) is 0.500. The van der Waals surface area contributed by atoms with Crippen LogP contribution in [0.3, 0.4) is 0 Å². The first-order valence-electron chi connectivity index (χ1n) is 6.88. The van der Waals surface area contributed by atoms with Gasteiger partial charge in [-0.2, -0.15) is 0 Å². The van der Waals surface area contributed by atoms with Crippen LogP contribution >= 0.6 is 0 Å². The number of oxime groups is 1. The molecule has 2 heterocycles. The summed E-state index contributed by atoms with van der Waals surface area (Å²) in [5.41, 5.74) is 6.36. The molecule has 1 amide bonds. The van der Waals surface area contributed by atoms with Crippen molar-refractivity contribution in [2.24, 2.45) is 10.9 Å². The van der Waals surface area contributed by atoms with E-state index >= 15 is 0 Å². The van der Waals surface area contributed by atoms with Crippen molar-refractivity contribution in [2.45, 2.75) is 38.6 Å². The van der Waals surface area contributed by atoms with Gasteiger partial charge < -0.3 is 15.8 Å². The Kier molecular flexibility index (Phi) is 4.55. The summed E-state index contributed by atoms with van der Waals surface area (Å²) in [6.45, 7) is 2.86. The third-order valence-electron chi connectivity index (χ3n) is 3.70. The molecule has 0 bridgehead atoms. The first-order valence-corrected chi connectivity index (χ1v) is 6.88. The third kappa shape index (κ3) is 3.07. The fourth-order valence-corrected chi connectivity index (χ4v) is 2.45. The SMILES string of the molecule is CC1CCCCCN1C(=O)c1ccc(C(N)=NO)cn1. The van der Waals surface area contributed by atoms with Gasteiger partial charge in [0.15, 0.2) is 5.84 Å². The quantitative estimate of drug-likeness (QED) is 0.371. The maximum atomic E-state index is 12.5. The lowest BCUT2D eigenvalue weighted by Gasteiger charge is -2.26. The van der Waals surface area contributed by atoms with Crippen LogP contribution in [0.25, 0.3) is 0 Å². The number of amides is 1. The van der Waals surface area contributed by atoms with E-state index in [1.54, 1.807) is 12.1 Å². The summed E-state index contributed by atoms with van der Waals surface area (Å²) in [5.74, 6) is -0.0647. The number of rotatable bonds is 2. The van der Waals surface area contributed by atoms with Crippen molar-refractivity contribution in [3.8, 4) is 0 Å². The van der Waals surface area contributed by atoms with Gasteiger partial charge in [-0.25, -0.2) is 0 Å². The lowest BCUT2D eigenvalue weighted by Crippen LogP contribution is -2.38. The summed E-state index contributed by atoms with van der Waals surface area (Å²) in [6, 6.07) is 3.50.